The summed E-state index contributed by atoms with van der Waals surface area (Å²) in [5, 5.41) is 9.14. The van der Waals surface area contributed by atoms with E-state index in [9.17, 15) is 0 Å². The van der Waals surface area contributed by atoms with Gasteiger partial charge in [-0.25, -0.2) is 0 Å². The minimum absolute atomic E-state index is 0.164. The Balaban J connectivity index is 1.96. The highest BCUT2D eigenvalue weighted by atomic mass is 16.5. The van der Waals surface area contributed by atoms with Crippen molar-refractivity contribution in [2.24, 2.45) is 0 Å². The Kier molecular flexibility index (Phi) is 4.60. The molecule has 1 saturated heterocycles. The topological polar surface area (TPSA) is 32.7 Å². The molecule has 1 saturated carbocycles. The second kappa shape index (κ2) is 5.98. The summed E-state index contributed by atoms with van der Waals surface area (Å²) in [5.74, 6) is 0. The van der Waals surface area contributed by atoms with Crippen molar-refractivity contribution in [2.75, 3.05) is 26.3 Å². The van der Waals surface area contributed by atoms with Crippen LogP contribution in [0.1, 0.15) is 38.5 Å². The summed E-state index contributed by atoms with van der Waals surface area (Å²) in [6.07, 6.45) is 9.25. The van der Waals surface area contributed by atoms with Gasteiger partial charge in [0.15, 0.2) is 0 Å². The van der Waals surface area contributed by atoms with Gasteiger partial charge in [-0.1, -0.05) is 18.9 Å². The molecule has 1 heterocycles. The van der Waals surface area contributed by atoms with Gasteiger partial charge in [0.1, 0.15) is 0 Å². The molecule has 0 aromatic rings. The summed E-state index contributed by atoms with van der Waals surface area (Å²) in [6, 6.07) is 0.562. The summed E-state index contributed by atoms with van der Waals surface area (Å²) >= 11 is 0. The highest BCUT2D eigenvalue weighted by Crippen LogP contribution is 2.41. The quantitative estimate of drug-likeness (QED) is 0.744. The Morgan fingerprint density at radius 1 is 1.41 bits per heavy atom. The van der Waals surface area contributed by atoms with Crippen LogP contribution in [0.4, 0.5) is 0 Å². The number of hydrogen-bond acceptors (Lipinski definition) is 3. The maximum Gasteiger partial charge on any atom is 0.0697 e. The molecule has 1 atom stereocenters. The fourth-order valence-corrected chi connectivity index (χ4v) is 3.40. The molecule has 3 heteroatoms. The van der Waals surface area contributed by atoms with Gasteiger partial charge in [-0.3, -0.25) is 4.90 Å². The summed E-state index contributed by atoms with van der Waals surface area (Å²) in [4.78, 5) is 2.36. The average molecular weight is 239 g/mol. The molecule has 3 nitrogen and oxygen atoms in total. The van der Waals surface area contributed by atoms with Crippen LogP contribution in [0.3, 0.4) is 0 Å². The number of ether oxygens (including phenoxy) is 1. The lowest BCUT2D eigenvalue weighted by Gasteiger charge is -2.42. The van der Waals surface area contributed by atoms with Crippen molar-refractivity contribution in [2.45, 2.75) is 50.2 Å². The van der Waals surface area contributed by atoms with E-state index in [0.717, 1.165) is 32.5 Å². The zero-order chi connectivity index (χ0) is 12.1. The first-order valence-corrected chi connectivity index (χ1v) is 6.89. The zero-order valence-corrected chi connectivity index (χ0v) is 10.7. The summed E-state index contributed by atoms with van der Waals surface area (Å²) in [6.45, 7) is 6.56. The van der Waals surface area contributed by atoms with E-state index in [1.54, 1.807) is 0 Å². The summed E-state index contributed by atoms with van der Waals surface area (Å²) in [5.41, 5.74) is 0.164. The predicted molar refractivity (Wildman–Crippen MR) is 69.0 cm³/mol. The largest absolute Gasteiger partial charge is 0.395 e. The molecule has 1 aliphatic heterocycles. The maximum atomic E-state index is 9.14. The van der Waals surface area contributed by atoms with Crippen molar-refractivity contribution >= 4 is 0 Å². The molecule has 17 heavy (non-hydrogen) atoms. The van der Waals surface area contributed by atoms with E-state index in [-0.39, 0.29) is 12.2 Å². The first-order valence-electron chi connectivity index (χ1n) is 6.89. The van der Waals surface area contributed by atoms with E-state index in [1.165, 1.54) is 25.7 Å². The van der Waals surface area contributed by atoms with Crippen molar-refractivity contribution in [1.82, 2.24) is 4.90 Å². The SMILES string of the molecule is C=CCN(CCO)C1CCOC2(CCCC2)C1. The van der Waals surface area contributed by atoms with Crippen molar-refractivity contribution in [3.8, 4) is 0 Å². The fraction of sp³-hybridized carbons (Fsp3) is 0.857. The van der Waals surface area contributed by atoms with Crippen molar-refractivity contribution in [3.05, 3.63) is 12.7 Å². The lowest BCUT2D eigenvalue weighted by molar-refractivity contribution is -0.101. The second-order valence-electron chi connectivity index (χ2n) is 5.39. The van der Waals surface area contributed by atoms with Crippen molar-refractivity contribution < 1.29 is 9.84 Å². The standard InChI is InChI=1S/C14H25NO2/c1-2-8-15(9-10-16)13-5-11-17-14(12-13)6-3-4-7-14/h2,13,16H,1,3-12H2. The van der Waals surface area contributed by atoms with E-state index in [4.69, 9.17) is 9.84 Å². The first kappa shape index (κ1) is 13.1. The van der Waals surface area contributed by atoms with Gasteiger partial charge in [0.25, 0.3) is 0 Å². The van der Waals surface area contributed by atoms with Gasteiger partial charge in [0.2, 0.25) is 0 Å². The number of rotatable bonds is 5. The Labute approximate surface area is 104 Å². The highest BCUT2D eigenvalue weighted by molar-refractivity contribution is 4.95. The van der Waals surface area contributed by atoms with E-state index in [1.807, 2.05) is 6.08 Å². The van der Waals surface area contributed by atoms with Crippen LogP contribution in [0, 0.1) is 0 Å². The number of hydrogen-bond donors (Lipinski definition) is 1. The molecular formula is C14H25NO2. The van der Waals surface area contributed by atoms with Crippen molar-refractivity contribution in [3.63, 3.8) is 0 Å². The molecule has 98 valence electrons. The van der Waals surface area contributed by atoms with Gasteiger partial charge in [0, 0.05) is 25.7 Å². The van der Waals surface area contributed by atoms with Gasteiger partial charge in [-0.05, 0) is 25.7 Å². The third-order valence-corrected chi connectivity index (χ3v) is 4.25. The van der Waals surface area contributed by atoms with Gasteiger partial charge in [0.05, 0.1) is 12.2 Å². The second-order valence-corrected chi connectivity index (χ2v) is 5.39. The average Bonchev–Trinajstić information content (AvgIpc) is 2.77. The third-order valence-electron chi connectivity index (χ3n) is 4.25. The van der Waals surface area contributed by atoms with E-state index < -0.39 is 0 Å². The maximum absolute atomic E-state index is 9.14. The lowest BCUT2D eigenvalue weighted by Crippen LogP contribution is -2.48. The van der Waals surface area contributed by atoms with Gasteiger partial charge in [-0.2, -0.15) is 0 Å². The third kappa shape index (κ3) is 3.09. The van der Waals surface area contributed by atoms with E-state index >= 15 is 0 Å². The Bertz CT molecular complexity index is 249. The van der Waals surface area contributed by atoms with E-state index in [0.29, 0.717) is 6.04 Å². The molecule has 0 amide bonds. The molecule has 0 radical (unpaired) electrons. The molecule has 1 unspecified atom stereocenters. The minimum atomic E-state index is 0.164. The van der Waals surface area contributed by atoms with Crippen LogP contribution in [0.5, 0.6) is 0 Å². The van der Waals surface area contributed by atoms with Crippen LogP contribution in [-0.2, 0) is 4.74 Å². The molecule has 0 aromatic carbocycles. The number of nitrogens with zero attached hydrogens (tertiary/aromatic N) is 1. The Hall–Kier alpha value is -0.380. The molecule has 2 fully saturated rings. The Morgan fingerprint density at radius 3 is 2.82 bits per heavy atom. The Morgan fingerprint density at radius 2 is 2.18 bits per heavy atom. The molecule has 0 bridgehead atoms. The summed E-state index contributed by atoms with van der Waals surface area (Å²) < 4.78 is 6.05. The van der Waals surface area contributed by atoms with E-state index in [2.05, 4.69) is 11.5 Å². The normalized spacial score (nSPS) is 27.8. The molecule has 1 N–H and O–H groups in total. The van der Waals surface area contributed by atoms with Crippen LogP contribution in [0.25, 0.3) is 0 Å². The van der Waals surface area contributed by atoms with Crippen LogP contribution in [-0.4, -0.2) is 48.0 Å². The van der Waals surface area contributed by atoms with Crippen molar-refractivity contribution in [1.29, 1.82) is 0 Å². The van der Waals surface area contributed by atoms with Crippen LogP contribution < -0.4 is 0 Å². The van der Waals surface area contributed by atoms with Gasteiger partial charge >= 0.3 is 0 Å². The molecule has 2 rings (SSSR count). The summed E-state index contributed by atoms with van der Waals surface area (Å²) in [7, 11) is 0. The molecular weight excluding hydrogens is 214 g/mol. The number of aliphatic hydroxyl groups excluding tert-OH is 1. The minimum Gasteiger partial charge on any atom is -0.395 e. The zero-order valence-electron chi connectivity index (χ0n) is 10.7. The van der Waals surface area contributed by atoms with Crippen LogP contribution >= 0.6 is 0 Å². The molecule has 2 aliphatic rings. The molecule has 1 aliphatic carbocycles. The van der Waals surface area contributed by atoms with Crippen LogP contribution in [0.15, 0.2) is 12.7 Å². The smallest absolute Gasteiger partial charge is 0.0697 e. The molecule has 0 aromatic heterocycles. The monoisotopic (exact) mass is 239 g/mol. The fourth-order valence-electron chi connectivity index (χ4n) is 3.40. The predicted octanol–water partition coefficient (Wildman–Crippen LogP) is 1.96. The van der Waals surface area contributed by atoms with Gasteiger partial charge < -0.3 is 9.84 Å². The lowest BCUT2D eigenvalue weighted by atomic mass is 9.88. The number of aliphatic hydroxyl groups is 1. The first-order chi connectivity index (χ1) is 8.29. The molecule has 1 spiro atoms. The van der Waals surface area contributed by atoms with Crippen LogP contribution in [0.2, 0.25) is 0 Å². The highest BCUT2D eigenvalue weighted by Gasteiger charge is 2.41. The van der Waals surface area contributed by atoms with Gasteiger partial charge in [-0.15, -0.1) is 6.58 Å².